The van der Waals surface area contributed by atoms with Crippen LogP contribution in [0.2, 0.25) is 0 Å². The molecule has 0 aliphatic rings. The molecule has 0 saturated heterocycles. The van der Waals surface area contributed by atoms with E-state index in [0.29, 0.717) is 12.4 Å². The molecule has 2 nitrogen and oxygen atoms in total. The van der Waals surface area contributed by atoms with Crippen molar-refractivity contribution in [2.24, 2.45) is 5.41 Å². The minimum atomic E-state index is -0.264. The van der Waals surface area contributed by atoms with E-state index < -0.39 is 0 Å². The number of nitrogens with one attached hydrogen (secondary N) is 1. The Morgan fingerprint density at radius 1 is 1.36 bits per heavy atom. The van der Waals surface area contributed by atoms with E-state index in [1.54, 1.807) is 0 Å². The van der Waals surface area contributed by atoms with Crippen LogP contribution in [0.15, 0.2) is 12.2 Å². The molecule has 0 spiro atoms. The maximum atomic E-state index is 9.63. The van der Waals surface area contributed by atoms with Gasteiger partial charge in [0, 0.05) is 19.0 Å². The number of alkyl halides is 1. The van der Waals surface area contributed by atoms with Gasteiger partial charge in [-0.1, -0.05) is 32.9 Å². The molecule has 84 valence electrons. The van der Waals surface area contributed by atoms with Crippen LogP contribution in [0, 0.1) is 5.41 Å². The summed E-state index contributed by atoms with van der Waals surface area (Å²) in [7, 11) is 0. The molecule has 0 aliphatic carbocycles. The first-order valence-electron chi connectivity index (χ1n) is 5.05. The van der Waals surface area contributed by atoms with Crippen molar-refractivity contribution in [3.8, 4) is 0 Å². The van der Waals surface area contributed by atoms with Gasteiger partial charge in [-0.25, -0.2) is 0 Å². The van der Waals surface area contributed by atoms with E-state index in [1.807, 2.05) is 12.2 Å². The normalized spacial score (nSPS) is 14.9. The fraction of sp³-hybridized carbons (Fsp3) is 0.818. The largest absolute Gasteiger partial charge is 0.392 e. The predicted molar refractivity (Wildman–Crippen MR) is 62.8 cm³/mol. The number of hydrogen-bond donors (Lipinski definition) is 2. The van der Waals surface area contributed by atoms with Crippen LogP contribution in [-0.2, 0) is 0 Å². The van der Waals surface area contributed by atoms with Crippen LogP contribution in [0.5, 0.6) is 0 Å². The molecule has 14 heavy (non-hydrogen) atoms. The van der Waals surface area contributed by atoms with E-state index in [-0.39, 0.29) is 11.5 Å². The van der Waals surface area contributed by atoms with Crippen molar-refractivity contribution in [1.82, 2.24) is 5.32 Å². The smallest absolute Gasteiger partial charge is 0.0669 e. The van der Waals surface area contributed by atoms with Gasteiger partial charge in [0.1, 0.15) is 0 Å². The highest BCUT2D eigenvalue weighted by atomic mass is 35.5. The fourth-order valence-corrected chi connectivity index (χ4v) is 1.38. The first-order chi connectivity index (χ1) is 6.45. The number of aliphatic hydroxyl groups excluding tert-OH is 1. The summed E-state index contributed by atoms with van der Waals surface area (Å²) in [4.78, 5) is 0. The minimum absolute atomic E-state index is 0.188. The Balaban J connectivity index is 3.45. The number of halogens is 1. The Bertz CT molecular complexity index is 163. The van der Waals surface area contributed by atoms with E-state index in [9.17, 15) is 5.11 Å². The SMILES string of the molecule is CC(C)(C)CC(O)CNC/C=C/CCl. The number of rotatable bonds is 6. The topological polar surface area (TPSA) is 32.3 Å². The summed E-state index contributed by atoms with van der Waals surface area (Å²) in [5.41, 5.74) is 0.188. The van der Waals surface area contributed by atoms with Crippen LogP contribution in [0.25, 0.3) is 0 Å². The second-order valence-corrected chi connectivity index (χ2v) is 5.01. The standard InChI is InChI=1S/C11H22ClNO/c1-11(2,3)8-10(14)9-13-7-5-4-6-12/h4-5,10,13-14H,6-9H2,1-3H3/b5-4+. The zero-order chi connectivity index (χ0) is 11.0. The van der Waals surface area contributed by atoms with Crippen molar-refractivity contribution in [1.29, 1.82) is 0 Å². The number of allylic oxidation sites excluding steroid dienone is 1. The Hall–Kier alpha value is -0.0500. The predicted octanol–water partition coefficient (Wildman–Crippen LogP) is 2.17. The highest BCUT2D eigenvalue weighted by Crippen LogP contribution is 2.20. The van der Waals surface area contributed by atoms with Gasteiger partial charge in [-0.3, -0.25) is 0 Å². The summed E-state index contributed by atoms with van der Waals surface area (Å²) in [5.74, 6) is 0.548. The van der Waals surface area contributed by atoms with E-state index in [2.05, 4.69) is 26.1 Å². The molecule has 0 aliphatic heterocycles. The fourth-order valence-electron chi connectivity index (χ4n) is 1.26. The third-order valence-corrected chi connectivity index (χ3v) is 1.92. The monoisotopic (exact) mass is 219 g/mol. The van der Waals surface area contributed by atoms with Gasteiger partial charge < -0.3 is 10.4 Å². The van der Waals surface area contributed by atoms with Gasteiger partial charge in [-0.15, -0.1) is 11.6 Å². The lowest BCUT2D eigenvalue weighted by Crippen LogP contribution is -2.30. The Morgan fingerprint density at radius 3 is 2.50 bits per heavy atom. The Morgan fingerprint density at radius 2 is 2.00 bits per heavy atom. The minimum Gasteiger partial charge on any atom is -0.392 e. The molecule has 3 heteroatoms. The summed E-state index contributed by atoms with van der Waals surface area (Å²) < 4.78 is 0. The van der Waals surface area contributed by atoms with Crippen molar-refractivity contribution in [3.63, 3.8) is 0 Å². The maximum Gasteiger partial charge on any atom is 0.0669 e. The highest BCUT2D eigenvalue weighted by molar-refractivity contribution is 6.18. The van der Waals surface area contributed by atoms with Gasteiger partial charge in [-0.05, 0) is 11.8 Å². The van der Waals surface area contributed by atoms with Crippen molar-refractivity contribution >= 4 is 11.6 Å². The number of hydrogen-bond acceptors (Lipinski definition) is 2. The molecule has 1 unspecified atom stereocenters. The van der Waals surface area contributed by atoms with E-state index in [1.165, 1.54) is 0 Å². The van der Waals surface area contributed by atoms with Crippen LogP contribution >= 0.6 is 11.6 Å². The first kappa shape index (κ1) is 13.9. The zero-order valence-electron chi connectivity index (χ0n) is 9.39. The van der Waals surface area contributed by atoms with Gasteiger partial charge in [0.2, 0.25) is 0 Å². The third-order valence-electron chi connectivity index (χ3n) is 1.75. The van der Waals surface area contributed by atoms with Crippen molar-refractivity contribution in [2.75, 3.05) is 19.0 Å². The summed E-state index contributed by atoms with van der Waals surface area (Å²) >= 11 is 5.47. The Labute approximate surface area is 92.3 Å². The van der Waals surface area contributed by atoms with Crippen molar-refractivity contribution < 1.29 is 5.11 Å². The second-order valence-electron chi connectivity index (χ2n) is 4.70. The molecule has 0 radical (unpaired) electrons. The molecule has 0 aromatic carbocycles. The zero-order valence-corrected chi connectivity index (χ0v) is 10.1. The van der Waals surface area contributed by atoms with Crippen LogP contribution < -0.4 is 5.32 Å². The van der Waals surface area contributed by atoms with Crippen molar-refractivity contribution in [3.05, 3.63) is 12.2 Å². The second kappa shape index (κ2) is 7.27. The lowest BCUT2D eigenvalue weighted by atomic mass is 9.89. The highest BCUT2D eigenvalue weighted by Gasteiger charge is 2.15. The van der Waals surface area contributed by atoms with E-state index in [4.69, 9.17) is 11.6 Å². The molecule has 0 rings (SSSR count). The van der Waals surface area contributed by atoms with Gasteiger partial charge >= 0.3 is 0 Å². The van der Waals surface area contributed by atoms with Crippen LogP contribution in [0.3, 0.4) is 0 Å². The molecule has 0 bridgehead atoms. The molecule has 0 saturated carbocycles. The summed E-state index contributed by atoms with van der Waals surface area (Å²) in [6.45, 7) is 7.80. The third kappa shape index (κ3) is 10.0. The average molecular weight is 220 g/mol. The molecular formula is C11H22ClNO. The molecule has 0 aromatic rings. The summed E-state index contributed by atoms with van der Waals surface area (Å²) in [5, 5.41) is 12.8. The maximum absolute atomic E-state index is 9.63. The van der Waals surface area contributed by atoms with Crippen LogP contribution in [0.1, 0.15) is 27.2 Å². The van der Waals surface area contributed by atoms with E-state index >= 15 is 0 Å². The van der Waals surface area contributed by atoms with Gasteiger partial charge in [0.15, 0.2) is 0 Å². The molecule has 0 fully saturated rings. The summed E-state index contributed by atoms with van der Waals surface area (Å²) in [6, 6.07) is 0. The molecule has 1 atom stereocenters. The Kier molecular flexibility index (Phi) is 7.24. The van der Waals surface area contributed by atoms with Crippen LogP contribution in [0.4, 0.5) is 0 Å². The average Bonchev–Trinajstić information content (AvgIpc) is 2.00. The molecule has 0 heterocycles. The lowest BCUT2D eigenvalue weighted by Gasteiger charge is -2.22. The summed E-state index contributed by atoms with van der Waals surface area (Å²) in [6.07, 6.45) is 4.42. The van der Waals surface area contributed by atoms with E-state index in [0.717, 1.165) is 13.0 Å². The number of aliphatic hydroxyl groups is 1. The van der Waals surface area contributed by atoms with Crippen molar-refractivity contribution in [2.45, 2.75) is 33.3 Å². The molecule has 2 N–H and O–H groups in total. The molecule has 0 aromatic heterocycles. The van der Waals surface area contributed by atoms with Gasteiger partial charge in [0.05, 0.1) is 6.10 Å². The lowest BCUT2D eigenvalue weighted by molar-refractivity contribution is 0.121. The molecular weight excluding hydrogens is 198 g/mol. The van der Waals surface area contributed by atoms with Crippen LogP contribution in [-0.4, -0.2) is 30.2 Å². The quantitative estimate of drug-likeness (QED) is 0.408. The first-order valence-corrected chi connectivity index (χ1v) is 5.59. The molecule has 0 amide bonds. The van der Waals surface area contributed by atoms with Gasteiger partial charge in [0.25, 0.3) is 0 Å². The van der Waals surface area contributed by atoms with Gasteiger partial charge in [-0.2, -0.15) is 0 Å².